The minimum Gasteiger partial charge on any atom is -0.492 e. The second-order valence-corrected chi connectivity index (χ2v) is 9.01. The highest BCUT2D eigenvalue weighted by molar-refractivity contribution is 7.89. The van der Waals surface area contributed by atoms with E-state index in [9.17, 15) is 13.2 Å². The second kappa shape index (κ2) is 10.4. The monoisotopic (exact) mass is 443 g/mol. The molecule has 0 aliphatic carbocycles. The predicted molar refractivity (Wildman–Crippen MR) is 118 cm³/mol. The van der Waals surface area contributed by atoms with Gasteiger partial charge in [0, 0.05) is 17.7 Å². The molecule has 1 N–H and O–H groups in total. The molecule has 3 aromatic carbocycles. The van der Waals surface area contributed by atoms with Gasteiger partial charge in [0.05, 0.1) is 10.3 Å². The Morgan fingerprint density at radius 1 is 0.867 bits per heavy atom. The molecule has 0 amide bonds. The van der Waals surface area contributed by atoms with Crippen molar-refractivity contribution < 1.29 is 17.9 Å². The SMILES string of the molecule is O=C(c1ccccc1)c1ccc(OCC(Cl)CCNS(=O)(=O)c2ccccc2)cc1. The summed E-state index contributed by atoms with van der Waals surface area (Å²) in [6.07, 6.45) is 0.415. The molecule has 0 saturated heterocycles. The number of nitrogens with one attached hydrogen (secondary N) is 1. The van der Waals surface area contributed by atoms with E-state index < -0.39 is 10.0 Å². The number of ether oxygens (including phenoxy) is 1. The lowest BCUT2D eigenvalue weighted by Crippen LogP contribution is -2.27. The van der Waals surface area contributed by atoms with Crippen LogP contribution in [0, 0.1) is 0 Å². The lowest BCUT2D eigenvalue weighted by Gasteiger charge is -2.13. The first kappa shape index (κ1) is 22.0. The van der Waals surface area contributed by atoms with Crippen LogP contribution in [0.2, 0.25) is 0 Å². The molecule has 1 atom stereocenters. The van der Waals surface area contributed by atoms with E-state index in [1.807, 2.05) is 18.2 Å². The van der Waals surface area contributed by atoms with Gasteiger partial charge in [-0.2, -0.15) is 0 Å². The fourth-order valence-electron chi connectivity index (χ4n) is 2.76. The zero-order valence-electron chi connectivity index (χ0n) is 16.2. The van der Waals surface area contributed by atoms with E-state index in [1.165, 1.54) is 12.1 Å². The molecular weight excluding hydrogens is 422 g/mol. The van der Waals surface area contributed by atoms with Crippen molar-refractivity contribution in [2.75, 3.05) is 13.2 Å². The number of ketones is 1. The Hall–Kier alpha value is -2.67. The summed E-state index contributed by atoms with van der Waals surface area (Å²) >= 11 is 6.25. The van der Waals surface area contributed by atoms with Crippen LogP contribution >= 0.6 is 11.6 Å². The van der Waals surface area contributed by atoms with E-state index in [4.69, 9.17) is 16.3 Å². The van der Waals surface area contributed by atoms with Crippen LogP contribution in [0.4, 0.5) is 0 Å². The summed E-state index contributed by atoms with van der Waals surface area (Å²) in [5, 5.41) is -0.367. The van der Waals surface area contributed by atoms with Crippen molar-refractivity contribution in [3.8, 4) is 5.75 Å². The van der Waals surface area contributed by atoms with Crippen LogP contribution < -0.4 is 9.46 Å². The summed E-state index contributed by atoms with van der Waals surface area (Å²) < 4.78 is 32.5. The van der Waals surface area contributed by atoms with Gasteiger partial charge in [-0.3, -0.25) is 4.79 Å². The zero-order valence-corrected chi connectivity index (χ0v) is 17.8. The summed E-state index contributed by atoms with van der Waals surface area (Å²) in [6, 6.07) is 24.1. The lowest BCUT2D eigenvalue weighted by molar-refractivity contribution is 0.103. The van der Waals surface area contributed by atoms with Gasteiger partial charge in [0.15, 0.2) is 5.78 Å². The average Bonchev–Trinajstić information content (AvgIpc) is 2.78. The van der Waals surface area contributed by atoms with E-state index in [1.54, 1.807) is 54.6 Å². The van der Waals surface area contributed by atoms with Gasteiger partial charge in [-0.15, -0.1) is 11.6 Å². The molecule has 0 aliphatic heterocycles. The number of benzene rings is 3. The van der Waals surface area contributed by atoms with Crippen LogP contribution in [0.3, 0.4) is 0 Å². The number of halogens is 1. The van der Waals surface area contributed by atoms with Crippen LogP contribution in [0.15, 0.2) is 89.8 Å². The molecule has 0 aliphatic rings. The summed E-state index contributed by atoms with van der Waals surface area (Å²) in [5.41, 5.74) is 1.20. The maximum atomic E-state index is 12.4. The van der Waals surface area contributed by atoms with Gasteiger partial charge in [0.2, 0.25) is 10.0 Å². The van der Waals surface area contributed by atoms with Gasteiger partial charge in [-0.1, -0.05) is 48.5 Å². The van der Waals surface area contributed by atoms with E-state index in [0.29, 0.717) is 23.3 Å². The smallest absolute Gasteiger partial charge is 0.240 e. The molecule has 0 spiro atoms. The first-order valence-electron chi connectivity index (χ1n) is 9.47. The fraction of sp³-hybridized carbons (Fsp3) is 0.174. The van der Waals surface area contributed by atoms with Crippen LogP contribution in [-0.4, -0.2) is 32.7 Å². The minimum atomic E-state index is -3.54. The van der Waals surface area contributed by atoms with Gasteiger partial charge in [0.25, 0.3) is 0 Å². The molecule has 0 radical (unpaired) electrons. The molecule has 0 bridgehead atoms. The maximum Gasteiger partial charge on any atom is 0.240 e. The summed E-state index contributed by atoms with van der Waals surface area (Å²) in [5.74, 6) is 0.540. The summed E-state index contributed by atoms with van der Waals surface area (Å²) in [4.78, 5) is 12.6. The number of carbonyl (C=O) groups excluding carboxylic acids is 1. The van der Waals surface area contributed by atoms with Crippen LogP contribution in [0.1, 0.15) is 22.3 Å². The molecule has 3 rings (SSSR count). The minimum absolute atomic E-state index is 0.0527. The normalized spacial score (nSPS) is 12.3. The van der Waals surface area contributed by atoms with E-state index >= 15 is 0 Å². The van der Waals surface area contributed by atoms with Crippen molar-refractivity contribution in [1.29, 1.82) is 0 Å². The van der Waals surface area contributed by atoms with Crippen LogP contribution in [0.25, 0.3) is 0 Å². The van der Waals surface area contributed by atoms with Gasteiger partial charge in [-0.25, -0.2) is 13.1 Å². The fourth-order valence-corrected chi connectivity index (χ4v) is 4.00. The first-order valence-corrected chi connectivity index (χ1v) is 11.4. The van der Waals surface area contributed by atoms with Crippen LogP contribution in [-0.2, 0) is 10.0 Å². The third kappa shape index (κ3) is 6.16. The molecule has 5 nitrogen and oxygen atoms in total. The Balaban J connectivity index is 1.45. The highest BCUT2D eigenvalue weighted by Crippen LogP contribution is 2.17. The Morgan fingerprint density at radius 2 is 1.43 bits per heavy atom. The van der Waals surface area contributed by atoms with Crippen LogP contribution in [0.5, 0.6) is 5.75 Å². The summed E-state index contributed by atoms with van der Waals surface area (Å²) in [6.45, 7) is 0.430. The largest absolute Gasteiger partial charge is 0.492 e. The number of alkyl halides is 1. The highest BCUT2D eigenvalue weighted by Gasteiger charge is 2.14. The van der Waals surface area contributed by atoms with Crippen molar-refractivity contribution >= 4 is 27.4 Å². The Kier molecular flexibility index (Phi) is 7.63. The molecule has 0 fully saturated rings. The maximum absolute atomic E-state index is 12.4. The van der Waals surface area contributed by atoms with Crippen molar-refractivity contribution in [2.45, 2.75) is 16.7 Å². The quantitative estimate of drug-likeness (QED) is 0.375. The van der Waals surface area contributed by atoms with Gasteiger partial charge in [-0.05, 0) is 42.8 Å². The number of hydrogen-bond acceptors (Lipinski definition) is 4. The van der Waals surface area contributed by atoms with E-state index in [0.717, 1.165) is 0 Å². The molecule has 7 heteroatoms. The zero-order chi connectivity index (χ0) is 21.4. The molecule has 0 aromatic heterocycles. The molecule has 156 valence electrons. The predicted octanol–water partition coefficient (Wildman–Crippen LogP) is 4.27. The topological polar surface area (TPSA) is 72.5 Å². The molecule has 3 aromatic rings. The average molecular weight is 444 g/mol. The van der Waals surface area contributed by atoms with Gasteiger partial charge >= 0.3 is 0 Å². The Bertz CT molecular complexity index is 1060. The standard InChI is InChI=1S/C23H22ClNO4S/c24-20(15-16-25-30(27,28)22-9-5-2-6-10-22)17-29-21-13-11-19(12-14-21)23(26)18-7-3-1-4-8-18/h1-14,20,25H,15-17H2. The number of sulfonamides is 1. The highest BCUT2D eigenvalue weighted by atomic mass is 35.5. The molecule has 30 heavy (non-hydrogen) atoms. The lowest BCUT2D eigenvalue weighted by atomic mass is 10.0. The van der Waals surface area contributed by atoms with Crippen molar-refractivity contribution in [3.63, 3.8) is 0 Å². The number of hydrogen-bond donors (Lipinski definition) is 1. The van der Waals surface area contributed by atoms with Gasteiger partial charge in [0.1, 0.15) is 12.4 Å². The molecule has 1 unspecified atom stereocenters. The molecule has 0 heterocycles. The van der Waals surface area contributed by atoms with Crippen molar-refractivity contribution in [3.05, 3.63) is 96.1 Å². The Labute approximate surface area is 181 Å². The van der Waals surface area contributed by atoms with Crippen molar-refractivity contribution in [2.24, 2.45) is 0 Å². The van der Waals surface area contributed by atoms with E-state index in [2.05, 4.69) is 4.72 Å². The second-order valence-electron chi connectivity index (χ2n) is 6.63. The molecule has 0 saturated carbocycles. The summed E-state index contributed by atoms with van der Waals surface area (Å²) in [7, 11) is -3.54. The van der Waals surface area contributed by atoms with Crippen molar-refractivity contribution in [1.82, 2.24) is 4.72 Å². The number of carbonyl (C=O) groups is 1. The van der Waals surface area contributed by atoms with E-state index in [-0.39, 0.29) is 29.2 Å². The third-order valence-electron chi connectivity index (χ3n) is 4.39. The molecular formula is C23H22ClNO4S. The Morgan fingerprint density at radius 3 is 2.07 bits per heavy atom. The van der Waals surface area contributed by atoms with Gasteiger partial charge < -0.3 is 4.74 Å². The first-order chi connectivity index (χ1) is 14.5. The third-order valence-corrected chi connectivity index (χ3v) is 6.21. The number of rotatable bonds is 10.